The van der Waals surface area contributed by atoms with Gasteiger partial charge in [-0.05, 0) is 41.5 Å². The molecule has 0 saturated carbocycles. The van der Waals surface area contributed by atoms with Crippen molar-refractivity contribution in [3.63, 3.8) is 0 Å². The second-order valence-corrected chi connectivity index (χ2v) is 7.98. The topological polar surface area (TPSA) is 82.9 Å². The number of ether oxygens (including phenoxy) is 3. The Bertz CT molecular complexity index is 627. The van der Waals surface area contributed by atoms with E-state index in [0.717, 1.165) is 4.68 Å². The van der Waals surface area contributed by atoms with E-state index in [2.05, 4.69) is 5.10 Å². The minimum Gasteiger partial charge on any atom is -0.444 e. The van der Waals surface area contributed by atoms with Crippen LogP contribution in [0.3, 0.4) is 0 Å². The summed E-state index contributed by atoms with van der Waals surface area (Å²) in [5.41, 5.74) is -0.441. The first-order valence-electron chi connectivity index (χ1n) is 8.32. The summed E-state index contributed by atoms with van der Waals surface area (Å²) < 4.78 is 17.5. The molecule has 1 aliphatic heterocycles. The Kier molecular flexibility index (Phi) is 5.41. The van der Waals surface area contributed by atoms with E-state index < -0.39 is 17.3 Å². The van der Waals surface area contributed by atoms with Crippen LogP contribution in [0, 0.1) is 0 Å². The third kappa shape index (κ3) is 5.74. The van der Waals surface area contributed by atoms with Crippen LogP contribution < -0.4 is 0 Å². The standard InChI is InChI=1S/C17H27N3O5/c1-16(2,3)24-14(21)19-7-8-23-13(11-19)12-9-18-20(10-12)15(22)25-17(4,5)6/h9-10,13H,7-8,11H2,1-6H3. The molecular weight excluding hydrogens is 326 g/mol. The zero-order valence-electron chi connectivity index (χ0n) is 15.7. The van der Waals surface area contributed by atoms with Crippen LogP contribution in [0.25, 0.3) is 0 Å². The SMILES string of the molecule is CC(C)(C)OC(=O)N1CCOC(c2cnn(C(=O)OC(C)(C)C)c2)C1. The summed E-state index contributed by atoms with van der Waals surface area (Å²) in [7, 11) is 0. The highest BCUT2D eigenvalue weighted by atomic mass is 16.6. The fourth-order valence-corrected chi connectivity index (χ4v) is 2.25. The lowest BCUT2D eigenvalue weighted by Gasteiger charge is -2.33. The van der Waals surface area contributed by atoms with Gasteiger partial charge < -0.3 is 19.1 Å². The number of hydrogen-bond donors (Lipinski definition) is 0. The molecule has 1 fully saturated rings. The Morgan fingerprint density at radius 3 is 2.32 bits per heavy atom. The molecule has 1 saturated heterocycles. The normalized spacial score (nSPS) is 18.8. The van der Waals surface area contributed by atoms with Crippen LogP contribution in [0.2, 0.25) is 0 Å². The molecule has 1 amide bonds. The third-order valence-corrected chi connectivity index (χ3v) is 3.27. The van der Waals surface area contributed by atoms with Crippen molar-refractivity contribution in [2.75, 3.05) is 19.7 Å². The molecule has 1 aliphatic rings. The van der Waals surface area contributed by atoms with Crippen molar-refractivity contribution >= 4 is 12.2 Å². The maximum atomic E-state index is 12.2. The zero-order valence-corrected chi connectivity index (χ0v) is 15.7. The number of carbonyl (C=O) groups is 2. The van der Waals surface area contributed by atoms with Crippen molar-refractivity contribution in [1.82, 2.24) is 14.7 Å². The van der Waals surface area contributed by atoms with E-state index in [1.165, 1.54) is 0 Å². The van der Waals surface area contributed by atoms with Gasteiger partial charge in [0.1, 0.15) is 17.3 Å². The first-order valence-corrected chi connectivity index (χ1v) is 8.32. The van der Waals surface area contributed by atoms with Crippen LogP contribution in [0.15, 0.2) is 12.4 Å². The summed E-state index contributed by atoms with van der Waals surface area (Å²) in [6, 6.07) is 0. The number of hydrogen-bond acceptors (Lipinski definition) is 6. The number of aromatic nitrogens is 2. The van der Waals surface area contributed by atoms with Crippen molar-refractivity contribution in [2.45, 2.75) is 58.8 Å². The molecule has 1 atom stereocenters. The number of rotatable bonds is 1. The predicted octanol–water partition coefficient (Wildman–Crippen LogP) is 2.97. The molecule has 0 aliphatic carbocycles. The van der Waals surface area contributed by atoms with Crippen LogP contribution in [-0.4, -0.2) is 57.8 Å². The van der Waals surface area contributed by atoms with Crippen LogP contribution in [0.5, 0.6) is 0 Å². The lowest BCUT2D eigenvalue weighted by atomic mass is 10.1. The van der Waals surface area contributed by atoms with Crippen LogP contribution >= 0.6 is 0 Å². The van der Waals surface area contributed by atoms with Gasteiger partial charge in [-0.25, -0.2) is 9.59 Å². The molecule has 140 valence electrons. The summed E-state index contributed by atoms with van der Waals surface area (Å²) in [5, 5.41) is 4.03. The average molecular weight is 353 g/mol. The van der Waals surface area contributed by atoms with Gasteiger partial charge in [-0.2, -0.15) is 9.78 Å². The van der Waals surface area contributed by atoms with Crippen molar-refractivity contribution in [2.24, 2.45) is 0 Å². The highest BCUT2D eigenvalue weighted by Crippen LogP contribution is 2.23. The molecule has 1 unspecified atom stereocenters. The molecule has 25 heavy (non-hydrogen) atoms. The van der Waals surface area contributed by atoms with E-state index in [-0.39, 0.29) is 12.2 Å². The summed E-state index contributed by atoms with van der Waals surface area (Å²) >= 11 is 0. The first-order chi connectivity index (χ1) is 11.4. The maximum Gasteiger partial charge on any atom is 0.435 e. The zero-order chi connectivity index (χ0) is 18.8. The number of amides is 1. The van der Waals surface area contributed by atoms with Gasteiger partial charge in [0, 0.05) is 18.3 Å². The summed E-state index contributed by atoms with van der Waals surface area (Å²) in [6.45, 7) is 12.0. The molecule has 1 aromatic heterocycles. The molecule has 0 spiro atoms. The van der Waals surface area contributed by atoms with Gasteiger partial charge >= 0.3 is 12.2 Å². The van der Waals surface area contributed by atoms with E-state index in [9.17, 15) is 9.59 Å². The van der Waals surface area contributed by atoms with Crippen molar-refractivity contribution in [3.8, 4) is 0 Å². The number of morpholine rings is 1. The van der Waals surface area contributed by atoms with Gasteiger partial charge in [0.25, 0.3) is 0 Å². The molecule has 2 rings (SSSR count). The smallest absolute Gasteiger partial charge is 0.435 e. The van der Waals surface area contributed by atoms with Gasteiger partial charge in [-0.3, -0.25) is 0 Å². The average Bonchev–Trinajstić information content (AvgIpc) is 2.94. The molecule has 2 heterocycles. The minimum absolute atomic E-state index is 0.342. The van der Waals surface area contributed by atoms with Crippen molar-refractivity contribution < 1.29 is 23.8 Å². The number of nitrogens with zero attached hydrogens (tertiary/aromatic N) is 3. The number of carbonyl (C=O) groups excluding carboxylic acids is 2. The second kappa shape index (κ2) is 7.03. The van der Waals surface area contributed by atoms with Crippen molar-refractivity contribution in [1.29, 1.82) is 0 Å². The third-order valence-electron chi connectivity index (χ3n) is 3.27. The fraction of sp³-hybridized carbons (Fsp3) is 0.706. The molecule has 0 aromatic carbocycles. The Morgan fingerprint density at radius 1 is 1.12 bits per heavy atom. The second-order valence-electron chi connectivity index (χ2n) is 7.98. The van der Waals surface area contributed by atoms with E-state index in [0.29, 0.717) is 25.3 Å². The van der Waals surface area contributed by atoms with Crippen LogP contribution in [0.4, 0.5) is 9.59 Å². The Hall–Kier alpha value is -2.09. The molecule has 0 N–H and O–H groups in total. The van der Waals surface area contributed by atoms with Gasteiger partial charge in [0.2, 0.25) is 0 Å². The molecule has 8 nitrogen and oxygen atoms in total. The summed E-state index contributed by atoms with van der Waals surface area (Å²) in [5.74, 6) is 0. The molecule has 0 bridgehead atoms. The Labute approximate surface area is 148 Å². The minimum atomic E-state index is -0.599. The van der Waals surface area contributed by atoms with E-state index in [1.807, 2.05) is 20.8 Å². The fourth-order valence-electron chi connectivity index (χ4n) is 2.25. The van der Waals surface area contributed by atoms with E-state index in [1.54, 1.807) is 38.1 Å². The summed E-state index contributed by atoms with van der Waals surface area (Å²) in [4.78, 5) is 25.9. The molecule has 8 heteroatoms. The largest absolute Gasteiger partial charge is 0.444 e. The molecular formula is C17H27N3O5. The lowest BCUT2D eigenvalue weighted by Crippen LogP contribution is -2.44. The van der Waals surface area contributed by atoms with Gasteiger partial charge in [0.15, 0.2) is 0 Å². The van der Waals surface area contributed by atoms with E-state index >= 15 is 0 Å². The quantitative estimate of drug-likeness (QED) is 0.772. The van der Waals surface area contributed by atoms with Crippen molar-refractivity contribution in [3.05, 3.63) is 18.0 Å². The highest BCUT2D eigenvalue weighted by molar-refractivity contribution is 5.70. The van der Waals surface area contributed by atoms with Crippen LogP contribution in [-0.2, 0) is 14.2 Å². The Balaban J connectivity index is 2.02. The summed E-state index contributed by atoms with van der Waals surface area (Å²) in [6.07, 6.45) is 1.82. The predicted molar refractivity (Wildman–Crippen MR) is 90.4 cm³/mol. The van der Waals surface area contributed by atoms with Gasteiger partial charge in [-0.15, -0.1) is 0 Å². The van der Waals surface area contributed by atoms with Crippen LogP contribution in [0.1, 0.15) is 53.2 Å². The lowest BCUT2D eigenvalue weighted by molar-refractivity contribution is -0.0433. The van der Waals surface area contributed by atoms with E-state index in [4.69, 9.17) is 14.2 Å². The Morgan fingerprint density at radius 2 is 1.72 bits per heavy atom. The van der Waals surface area contributed by atoms with Gasteiger partial charge in [0.05, 0.1) is 19.3 Å². The highest BCUT2D eigenvalue weighted by Gasteiger charge is 2.30. The molecule has 1 aromatic rings. The van der Waals surface area contributed by atoms with Gasteiger partial charge in [-0.1, -0.05) is 0 Å². The maximum absolute atomic E-state index is 12.2. The monoisotopic (exact) mass is 353 g/mol. The molecule has 0 radical (unpaired) electrons. The first kappa shape index (κ1) is 19.2.